The Morgan fingerprint density at radius 3 is 2.36 bits per heavy atom. The summed E-state index contributed by atoms with van der Waals surface area (Å²) >= 11 is 0. The van der Waals surface area contributed by atoms with Crippen LogP contribution < -0.4 is 0 Å². The summed E-state index contributed by atoms with van der Waals surface area (Å²) in [7, 11) is 0. The maximum atomic E-state index is 13.9. The number of rotatable bonds is 2. The molecule has 0 aliphatic heterocycles. The number of carbonyl (C=O) groups excluding carboxylic acids is 2. The summed E-state index contributed by atoms with van der Waals surface area (Å²) in [4.78, 5) is 28.6. The van der Waals surface area contributed by atoms with E-state index in [0.717, 1.165) is 18.2 Å². The Kier molecular flexibility index (Phi) is 4.02. The summed E-state index contributed by atoms with van der Waals surface area (Å²) in [6.45, 7) is 1.40. The number of Topliss-reactive ketones (excluding diaryl/α,β-unsaturated/α-hetero) is 2. The lowest BCUT2D eigenvalue weighted by atomic mass is 9.82. The molecule has 0 amide bonds. The van der Waals surface area contributed by atoms with Gasteiger partial charge in [0, 0.05) is 35.0 Å². The van der Waals surface area contributed by atoms with Crippen molar-refractivity contribution in [1.29, 1.82) is 0 Å². The monoisotopic (exact) mass is 349 g/mol. The number of ketones is 2. The van der Waals surface area contributed by atoms with Crippen molar-refractivity contribution in [3.8, 4) is 0 Å². The second kappa shape index (κ2) is 5.91. The number of benzene rings is 1. The number of nitrogens with zero attached hydrogens (tertiary/aromatic N) is 1. The maximum absolute atomic E-state index is 13.9. The van der Waals surface area contributed by atoms with Crippen LogP contribution in [0.25, 0.3) is 0 Å². The molecule has 1 aliphatic rings. The highest BCUT2D eigenvalue weighted by Gasteiger charge is 2.33. The molecule has 0 saturated carbocycles. The van der Waals surface area contributed by atoms with E-state index < -0.39 is 29.1 Å². The van der Waals surface area contributed by atoms with Crippen molar-refractivity contribution in [2.45, 2.75) is 19.5 Å². The standard InChI is InChI=1S/C18H11F4NO2/c1-9-13(7-11-6-5-10(8-23-11)18(20,21)22)17(25)12-3-2-4-14(19)15(12)16(9)24/h2-6,8H,7H2,1H3. The van der Waals surface area contributed by atoms with Gasteiger partial charge in [0.1, 0.15) is 5.82 Å². The van der Waals surface area contributed by atoms with Gasteiger partial charge in [0.2, 0.25) is 0 Å². The fourth-order valence-corrected chi connectivity index (χ4v) is 2.69. The van der Waals surface area contributed by atoms with Gasteiger partial charge in [-0.25, -0.2) is 4.39 Å². The van der Waals surface area contributed by atoms with Crippen molar-refractivity contribution in [2.24, 2.45) is 0 Å². The lowest BCUT2D eigenvalue weighted by Gasteiger charge is -2.19. The molecule has 0 atom stereocenters. The van der Waals surface area contributed by atoms with Gasteiger partial charge < -0.3 is 0 Å². The molecular formula is C18H11F4NO2. The topological polar surface area (TPSA) is 47.0 Å². The van der Waals surface area contributed by atoms with Crippen molar-refractivity contribution in [3.63, 3.8) is 0 Å². The number of aromatic nitrogens is 1. The zero-order chi connectivity index (χ0) is 18.4. The van der Waals surface area contributed by atoms with E-state index in [-0.39, 0.29) is 34.4 Å². The molecule has 1 aromatic carbocycles. The van der Waals surface area contributed by atoms with Crippen LogP contribution in [0.2, 0.25) is 0 Å². The van der Waals surface area contributed by atoms with Crippen LogP contribution in [0.4, 0.5) is 17.6 Å². The number of hydrogen-bond donors (Lipinski definition) is 0. The van der Waals surface area contributed by atoms with Gasteiger partial charge in [0.15, 0.2) is 11.6 Å². The Morgan fingerprint density at radius 2 is 1.76 bits per heavy atom. The molecule has 0 bridgehead atoms. The van der Waals surface area contributed by atoms with Gasteiger partial charge in [-0.2, -0.15) is 13.2 Å². The zero-order valence-electron chi connectivity index (χ0n) is 12.9. The summed E-state index contributed by atoms with van der Waals surface area (Å²) < 4.78 is 51.6. The van der Waals surface area contributed by atoms with Crippen LogP contribution in [-0.2, 0) is 12.6 Å². The fourth-order valence-electron chi connectivity index (χ4n) is 2.69. The number of hydrogen-bond acceptors (Lipinski definition) is 3. The van der Waals surface area contributed by atoms with Gasteiger partial charge in [0.05, 0.1) is 11.1 Å². The van der Waals surface area contributed by atoms with Crippen LogP contribution in [-0.4, -0.2) is 16.6 Å². The third-order valence-corrected chi connectivity index (χ3v) is 4.06. The molecule has 0 radical (unpaired) electrons. The molecule has 0 unspecified atom stereocenters. The van der Waals surface area contributed by atoms with Crippen molar-refractivity contribution < 1.29 is 27.2 Å². The molecule has 7 heteroatoms. The molecule has 3 nitrogen and oxygen atoms in total. The molecule has 0 N–H and O–H groups in total. The van der Waals surface area contributed by atoms with Gasteiger partial charge in [-0.05, 0) is 25.1 Å². The van der Waals surface area contributed by atoms with E-state index >= 15 is 0 Å². The highest BCUT2D eigenvalue weighted by atomic mass is 19.4. The van der Waals surface area contributed by atoms with Crippen LogP contribution in [0.15, 0.2) is 47.7 Å². The highest BCUT2D eigenvalue weighted by molar-refractivity contribution is 6.26. The average molecular weight is 349 g/mol. The van der Waals surface area contributed by atoms with Gasteiger partial charge in [-0.3, -0.25) is 14.6 Å². The highest BCUT2D eigenvalue weighted by Crippen LogP contribution is 2.31. The van der Waals surface area contributed by atoms with E-state index in [0.29, 0.717) is 6.20 Å². The quantitative estimate of drug-likeness (QED) is 0.764. The first-order chi connectivity index (χ1) is 11.7. The minimum absolute atomic E-state index is 0.0440. The zero-order valence-corrected chi connectivity index (χ0v) is 12.9. The third-order valence-electron chi connectivity index (χ3n) is 4.06. The smallest absolute Gasteiger partial charge is 0.289 e. The van der Waals surface area contributed by atoms with E-state index in [1.165, 1.54) is 19.1 Å². The Balaban J connectivity index is 1.97. The Hall–Kier alpha value is -2.83. The van der Waals surface area contributed by atoms with E-state index in [4.69, 9.17) is 0 Å². The predicted molar refractivity (Wildman–Crippen MR) is 80.7 cm³/mol. The Bertz CT molecular complexity index is 912. The molecular weight excluding hydrogens is 338 g/mol. The van der Waals surface area contributed by atoms with Crippen molar-refractivity contribution >= 4 is 11.6 Å². The Morgan fingerprint density at radius 1 is 1.04 bits per heavy atom. The summed E-state index contributed by atoms with van der Waals surface area (Å²) in [6, 6.07) is 5.79. The van der Waals surface area contributed by atoms with E-state index in [9.17, 15) is 27.2 Å². The van der Waals surface area contributed by atoms with Crippen molar-refractivity contribution in [3.05, 3.63) is 75.9 Å². The minimum atomic E-state index is -4.51. The number of allylic oxidation sites excluding steroid dienone is 2. The second-order valence-corrected chi connectivity index (χ2v) is 5.64. The van der Waals surface area contributed by atoms with Gasteiger partial charge in [0.25, 0.3) is 0 Å². The van der Waals surface area contributed by atoms with E-state index in [1.54, 1.807) is 0 Å². The van der Waals surface area contributed by atoms with Gasteiger partial charge >= 0.3 is 6.18 Å². The van der Waals surface area contributed by atoms with Gasteiger partial charge in [-0.15, -0.1) is 0 Å². The molecule has 0 spiro atoms. The molecule has 1 aromatic heterocycles. The molecule has 3 rings (SSSR count). The SMILES string of the molecule is CC1=C(Cc2ccc(C(F)(F)F)cn2)C(=O)c2cccc(F)c2C1=O. The first kappa shape index (κ1) is 17.0. The number of alkyl halides is 3. The number of fused-ring (bicyclic) bond motifs is 1. The van der Waals surface area contributed by atoms with Crippen LogP contribution in [0, 0.1) is 5.82 Å². The second-order valence-electron chi connectivity index (χ2n) is 5.64. The number of pyridine rings is 1. The number of halogens is 4. The summed E-state index contributed by atoms with van der Waals surface area (Å²) in [5.41, 5.74) is -0.824. The van der Waals surface area contributed by atoms with Crippen LogP contribution >= 0.6 is 0 Å². The minimum Gasteiger partial charge on any atom is -0.289 e. The maximum Gasteiger partial charge on any atom is 0.417 e. The normalized spacial score (nSPS) is 14.8. The van der Waals surface area contributed by atoms with E-state index in [2.05, 4.69) is 4.98 Å². The first-order valence-electron chi connectivity index (χ1n) is 7.30. The fraction of sp³-hybridized carbons (Fsp3) is 0.167. The Labute approximate surface area is 140 Å². The van der Waals surface area contributed by atoms with Gasteiger partial charge in [-0.1, -0.05) is 12.1 Å². The third kappa shape index (κ3) is 2.97. The molecule has 1 aliphatic carbocycles. The molecule has 25 heavy (non-hydrogen) atoms. The molecule has 128 valence electrons. The summed E-state index contributed by atoms with van der Waals surface area (Å²) in [6.07, 6.45) is -3.94. The van der Waals surface area contributed by atoms with Crippen LogP contribution in [0.5, 0.6) is 0 Å². The molecule has 0 saturated heterocycles. The largest absolute Gasteiger partial charge is 0.417 e. The van der Waals surface area contributed by atoms with Crippen LogP contribution in [0.3, 0.4) is 0 Å². The average Bonchev–Trinajstić information content (AvgIpc) is 2.56. The molecule has 1 heterocycles. The first-order valence-corrected chi connectivity index (χ1v) is 7.30. The predicted octanol–water partition coefficient (Wildman–Crippen LogP) is 4.18. The molecule has 0 fully saturated rings. The molecule has 2 aromatic rings. The van der Waals surface area contributed by atoms with E-state index in [1.807, 2.05) is 0 Å². The summed E-state index contributed by atoms with van der Waals surface area (Å²) in [5.74, 6) is -1.90. The van der Waals surface area contributed by atoms with Crippen molar-refractivity contribution in [2.75, 3.05) is 0 Å². The van der Waals surface area contributed by atoms with Crippen LogP contribution in [0.1, 0.15) is 38.9 Å². The summed E-state index contributed by atoms with van der Waals surface area (Å²) in [5, 5.41) is 0. The lowest BCUT2D eigenvalue weighted by molar-refractivity contribution is -0.137. The lowest BCUT2D eigenvalue weighted by Crippen LogP contribution is -2.23. The van der Waals surface area contributed by atoms with Crippen molar-refractivity contribution in [1.82, 2.24) is 4.98 Å². The number of carbonyl (C=O) groups is 2.